The molecule has 0 amide bonds. The van der Waals surface area contributed by atoms with Gasteiger partial charge in [0, 0.05) is 31.0 Å². The fraction of sp³-hybridized carbons (Fsp3) is 0.400. The predicted octanol–water partition coefficient (Wildman–Crippen LogP) is 2.84. The Kier molecular flexibility index (Phi) is 9.10. The Hall–Kier alpha value is -2.43. The zero-order chi connectivity index (χ0) is 19.8. The van der Waals surface area contributed by atoms with Crippen LogP contribution in [0.2, 0.25) is 0 Å². The van der Waals surface area contributed by atoms with Crippen molar-refractivity contribution in [2.24, 2.45) is 4.99 Å². The highest BCUT2D eigenvalue weighted by atomic mass is 127. The molecule has 2 N–H and O–H groups in total. The van der Waals surface area contributed by atoms with Crippen LogP contribution in [0, 0.1) is 13.8 Å². The standard InChI is InChI=1S/C20H28N8.HI/c1-4-21-20(22-11-8-12-28-17(3)13-16(2)26-28)23-14-19-25-24-15-27(19)18-9-6-5-7-10-18;/h5-7,9-10,13,15H,4,8,11-12,14H2,1-3H3,(H2,21,22,23);1H. The van der Waals surface area contributed by atoms with Gasteiger partial charge in [-0.3, -0.25) is 9.25 Å². The maximum Gasteiger partial charge on any atom is 0.191 e. The number of guanidine groups is 1. The van der Waals surface area contributed by atoms with Crippen molar-refractivity contribution in [2.75, 3.05) is 13.1 Å². The molecule has 0 saturated heterocycles. The second-order valence-electron chi connectivity index (χ2n) is 6.58. The molecule has 1 aromatic carbocycles. The van der Waals surface area contributed by atoms with Crippen molar-refractivity contribution in [3.05, 3.63) is 59.9 Å². The van der Waals surface area contributed by atoms with Crippen molar-refractivity contribution < 1.29 is 0 Å². The van der Waals surface area contributed by atoms with E-state index in [4.69, 9.17) is 0 Å². The zero-order valence-corrected chi connectivity index (χ0v) is 19.5. The van der Waals surface area contributed by atoms with E-state index in [-0.39, 0.29) is 24.0 Å². The first-order valence-electron chi connectivity index (χ1n) is 9.65. The minimum atomic E-state index is 0. The Bertz CT molecular complexity index is 900. The van der Waals surface area contributed by atoms with Crippen LogP contribution in [-0.2, 0) is 13.1 Å². The number of benzene rings is 1. The van der Waals surface area contributed by atoms with Gasteiger partial charge in [-0.15, -0.1) is 34.2 Å². The molecule has 0 fully saturated rings. The van der Waals surface area contributed by atoms with Gasteiger partial charge in [-0.1, -0.05) is 18.2 Å². The molecule has 0 bridgehead atoms. The minimum absolute atomic E-state index is 0. The molecule has 156 valence electrons. The van der Waals surface area contributed by atoms with Gasteiger partial charge >= 0.3 is 0 Å². The molecule has 9 heteroatoms. The third-order valence-corrected chi connectivity index (χ3v) is 4.32. The van der Waals surface area contributed by atoms with Crippen molar-refractivity contribution >= 4 is 29.9 Å². The summed E-state index contributed by atoms with van der Waals surface area (Å²) < 4.78 is 4.00. The highest BCUT2D eigenvalue weighted by Gasteiger charge is 2.06. The first-order valence-corrected chi connectivity index (χ1v) is 9.65. The molecule has 0 saturated carbocycles. The van der Waals surface area contributed by atoms with Gasteiger partial charge in [0.2, 0.25) is 0 Å². The Labute approximate surface area is 188 Å². The number of rotatable bonds is 8. The summed E-state index contributed by atoms with van der Waals surface area (Å²) in [7, 11) is 0. The molecule has 29 heavy (non-hydrogen) atoms. The summed E-state index contributed by atoms with van der Waals surface area (Å²) in [5.41, 5.74) is 3.28. The zero-order valence-electron chi connectivity index (χ0n) is 17.2. The number of aryl methyl sites for hydroxylation is 3. The van der Waals surface area contributed by atoms with Gasteiger partial charge in [0.1, 0.15) is 12.9 Å². The van der Waals surface area contributed by atoms with E-state index in [1.54, 1.807) is 6.33 Å². The van der Waals surface area contributed by atoms with Crippen molar-refractivity contribution in [3.63, 3.8) is 0 Å². The lowest BCUT2D eigenvalue weighted by molar-refractivity contribution is 0.555. The molecule has 0 unspecified atom stereocenters. The number of nitrogens with one attached hydrogen (secondary N) is 2. The second-order valence-corrected chi connectivity index (χ2v) is 6.58. The molecule has 2 heterocycles. The van der Waals surface area contributed by atoms with E-state index in [2.05, 4.69) is 50.8 Å². The number of para-hydroxylation sites is 1. The van der Waals surface area contributed by atoms with E-state index in [9.17, 15) is 0 Å². The van der Waals surface area contributed by atoms with Gasteiger partial charge in [-0.05, 0) is 45.4 Å². The number of hydrogen-bond acceptors (Lipinski definition) is 4. The highest BCUT2D eigenvalue weighted by Crippen LogP contribution is 2.09. The topological polar surface area (TPSA) is 85.0 Å². The van der Waals surface area contributed by atoms with Crippen LogP contribution in [0.1, 0.15) is 30.6 Å². The normalized spacial score (nSPS) is 11.2. The molecule has 8 nitrogen and oxygen atoms in total. The van der Waals surface area contributed by atoms with E-state index in [1.807, 2.05) is 46.5 Å². The van der Waals surface area contributed by atoms with Crippen LogP contribution in [0.3, 0.4) is 0 Å². The summed E-state index contributed by atoms with van der Waals surface area (Å²) in [4.78, 5) is 4.66. The number of aliphatic imine (C=N–C) groups is 1. The van der Waals surface area contributed by atoms with E-state index in [0.29, 0.717) is 6.54 Å². The largest absolute Gasteiger partial charge is 0.357 e. The molecule has 0 atom stereocenters. The van der Waals surface area contributed by atoms with Crippen LogP contribution in [-0.4, -0.2) is 43.6 Å². The lowest BCUT2D eigenvalue weighted by Crippen LogP contribution is -2.38. The Morgan fingerprint density at radius 1 is 1.14 bits per heavy atom. The van der Waals surface area contributed by atoms with Gasteiger partial charge in [0.05, 0.1) is 5.69 Å². The van der Waals surface area contributed by atoms with Crippen molar-refractivity contribution in [1.82, 2.24) is 35.2 Å². The first-order chi connectivity index (χ1) is 13.7. The maximum atomic E-state index is 4.66. The fourth-order valence-corrected chi connectivity index (χ4v) is 3.00. The summed E-state index contributed by atoms with van der Waals surface area (Å²) in [6, 6.07) is 12.1. The molecule has 0 aliphatic heterocycles. The Morgan fingerprint density at radius 2 is 1.93 bits per heavy atom. The monoisotopic (exact) mass is 508 g/mol. The molecule has 0 aliphatic carbocycles. The van der Waals surface area contributed by atoms with Crippen molar-refractivity contribution in [2.45, 2.75) is 40.3 Å². The van der Waals surface area contributed by atoms with Gasteiger partial charge in [-0.2, -0.15) is 5.10 Å². The van der Waals surface area contributed by atoms with Crippen LogP contribution < -0.4 is 10.6 Å². The average Bonchev–Trinajstić information content (AvgIpc) is 3.29. The minimum Gasteiger partial charge on any atom is -0.357 e. The van der Waals surface area contributed by atoms with Gasteiger partial charge in [-0.25, -0.2) is 4.99 Å². The molecule has 3 aromatic rings. The molecule has 0 aliphatic rings. The summed E-state index contributed by atoms with van der Waals surface area (Å²) in [6.45, 7) is 9.10. The third-order valence-electron chi connectivity index (χ3n) is 4.32. The van der Waals surface area contributed by atoms with E-state index in [0.717, 1.165) is 49.2 Å². The summed E-state index contributed by atoms with van der Waals surface area (Å²) in [5, 5.41) is 19.4. The van der Waals surface area contributed by atoms with E-state index < -0.39 is 0 Å². The van der Waals surface area contributed by atoms with Gasteiger partial charge in [0.15, 0.2) is 11.8 Å². The smallest absolute Gasteiger partial charge is 0.191 e. The summed E-state index contributed by atoms with van der Waals surface area (Å²) >= 11 is 0. The Morgan fingerprint density at radius 3 is 2.62 bits per heavy atom. The lowest BCUT2D eigenvalue weighted by atomic mass is 10.3. The lowest BCUT2D eigenvalue weighted by Gasteiger charge is -2.12. The number of aromatic nitrogens is 5. The summed E-state index contributed by atoms with van der Waals surface area (Å²) in [5.74, 6) is 1.57. The van der Waals surface area contributed by atoms with Crippen LogP contribution in [0.5, 0.6) is 0 Å². The SMILES string of the molecule is CCNC(=NCc1nncn1-c1ccccc1)NCCCn1nc(C)cc1C.I. The second kappa shape index (κ2) is 11.5. The number of nitrogens with zero attached hydrogens (tertiary/aromatic N) is 6. The predicted molar refractivity (Wildman–Crippen MR) is 126 cm³/mol. The Balaban J connectivity index is 0.00000300. The summed E-state index contributed by atoms with van der Waals surface area (Å²) in [6.07, 6.45) is 2.68. The number of halogens is 1. The maximum absolute atomic E-state index is 4.66. The van der Waals surface area contributed by atoms with E-state index >= 15 is 0 Å². The van der Waals surface area contributed by atoms with Gasteiger partial charge in [0.25, 0.3) is 0 Å². The molecule has 2 aromatic heterocycles. The van der Waals surface area contributed by atoms with Gasteiger partial charge < -0.3 is 10.6 Å². The molecule has 3 rings (SSSR count). The molecular weight excluding hydrogens is 479 g/mol. The first kappa shape index (κ1) is 22.9. The quantitative estimate of drug-likeness (QED) is 0.212. The molecule has 0 spiro atoms. The van der Waals surface area contributed by atoms with Crippen molar-refractivity contribution in [3.8, 4) is 5.69 Å². The molecule has 0 radical (unpaired) electrons. The van der Waals surface area contributed by atoms with Crippen LogP contribution >= 0.6 is 24.0 Å². The van der Waals surface area contributed by atoms with Crippen molar-refractivity contribution in [1.29, 1.82) is 0 Å². The number of hydrogen-bond donors (Lipinski definition) is 2. The third kappa shape index (κ3) is 6.55. The van der Waals surface area contributed by atoms with Crippen LogP contribution in [0.25, 0.3) is 5.69 Å². The van der Waals surface area contributed by atoms with Crippen LogP contribution in [0.15, 0.2) is 47.7 Å². The fourth-order valence-electron chi connectivity index (χ4n) is 3.00. The highest BCUT2D eigenvalue weighted by molar-refractivity contribution is 14.0. The van der Waals surface area contributed by atoms with Crippen LogP contribution in [0.4, 0.5) is 0 Å². The molecular formula is C20H29IN8. The average molecular weight is 508 g/mol. The van der Waals surface area contributed by atoms with E-state index in [1.165, 1.54) is 5.69 Å².